The van der Waals surface area contributed by atoms with Gasteiger partial charge in [0.25, 0.3) is 0 Å². The van der Waals surface area contributed by atoms with Crippen molar-refractivity contribution in [1.29, 1.82) is 0 Å². The average molecular weight is 418 g/mol. The average Bonchev–Trinajstić information content (AvgIpc) is 2.69. The van der Waals surface area contributed by atoms with Crippen molar-refractivity contribution in [2.75, 3.05) is 6.61 Å². The van der Waals surface area contributed by atoms with Gasteiger partial charge >= 0.3 is 0 Å². The van der Waals surface area contributed by atoms with E-state index in [0.717, 1.165) is 0 Å². The number of ether oxygens (including phenoxy) is 1. The van der Waals surface area contributed by atoms with E-state index < -0.39 is 60.3 Å². The third-order valence-corrected chi connectivity index (χ3v) is 5.86. The van der Waals surface area contributed by atoms with Crippen LogP contribution in [0.2, 0.25) is 0 Å². The minimum Gasteiger partial charge on any atom is -0.507 e. The van der Waals surface area contributed by atoms with Crippen molar-refractivity contribution in [3.63, 3.8) is 0 Å². The Morgan fingerprint density at radius 3 is 2.27 bits per heavy atom. The molecule has 9 heteroatoms. The Kier molecular flexibility index (Phi) is 4.95. The van der Waals surface area contributed by atoms with Crippen molar-refractivity contribution in [2.45, 2.75) is 43.4 Å². The molecule has 6 atom stereocenters. The maximum Gasteiger partial charge on any atom is 0.201 e. The van der Waals surface area contributed by atoms with E-state index in [1.54, 1.807) is 13.0 Å². The second-order valence-electron chi connectivity index (χ2n) is 7.75. The lowest BCUT2D eigenvalue weighted by Gasteiger charge is -2.45. The Balaban J connectivity index is 1.98. The molecule has 2 aromatic carbocycles. The molecule has 2 aromatic rings. The first-order valence-electron chi connectivity index (χ1n) is 9.40. The molecule has 0 unspecified atom stereocenters. The van der Waals surface area contributed by atoms with Gasteiger partial charge in [0.15, 0.2) is 11.5 Å². The van der Waals surface area contributed by atoms with E-state index >= 15 is 0 Å². The molecule has 0 saturated carbocycles. The second kappa shape index (κ2) is 7.22. The van der Waals surface area contributed by atoms with Gasteiger partial charge in [0.1, 0.15) is 30.2 Å². The summed E-state index contributed by atoms with van der Waals surface area (Å²) < 4.78 is 5.72. The van der Waals surface area contributed by atoms with Crippen LogP contribution in [-0.4, -0.2) is 78.7 Å². The van der Waals surface area contributed by atoms with Gasteiger partial charge in [-0.3, -0.25) is 4.79 Å². The van der Waals surface area contributed by atoms with Crippen molar-refractivity contribution >= 4 is 5.78 Å². The molecule has 0 bridgehead atoms. The van der Waals surface area contributed by atoms with Crippen LogP contribution in [0.3, 0.4) is 0 Å². The highest BCUT2D eigenvalue weighted by Gasteiger charge is 2.50. The van der Waals surface area contributed by atoms with E-state index in [1.165, 1.54) is 18.2 Å². The Hall–Kier alpha value is -2.69. The number of rotatable bonds is 2. The first-order valence-corrected chi connectivity index (χ1v) is 9.40. The molecule has 1 aliphatic heterocycles. The van der Waals surface area contributed by atoms with Crippen LogP contribution in [0.5, 0.6) is 17.2 Å². The zero-order valence-corrected chi connectivity index (χ0v) is 15.9. The fourth-order valence-corrected chi connectivity index (χ4v) is 4.43. The smallest absolute Gasteiger partial charge is 0.201 e. The molecular formula is C21H22O9. The van der Waals surface area contributed by atoms with Crippen LogP contribution in [0, 0.1) is 6.92 Å². The molecule has 4 rings (SSSR count). The van der Waals surface area contributed by atoms with Gasteiger partial charge in [-0.25, -0.2) is 0 Å². The fraction of sp³-hybridized carbons (Fsp3) is 0.381. The lowest BCUT2D eigenvalue weighted by molar-refractivity contribution is -0.232. The number of benzene rings is 2. The Morgan fingerprint density at radius 1 is 0.900 bits per heavy atom. The van der Waals surface area contributed by atoms with Gasteiger partial charge in [-0.1, -0.05) is 12.1 Å². The molecule has 2 aliphatic rings. The maximum absolute atomic E-state index is 13.1. The summed E-state index contributed by atoms with van der Waals surface area (Å²) in [5.74, 6) is -3.25. The number of aryl methyl sites for hydroxylation is 1. The number of aliphatic hydroxyl groups excluding tert-OH is 4. The van der Waals surface area contributed by atoms with Crippen LogP contribution < -0.4 is 0 Å². The van der Waals surface area contributed by atoms with Gasteiger partial charge < -0.3 is 40.5 Å². The molecule has 1 aliphatic carbocycles. The van der Waals surface area contributed by atoms with Crippen LogP contribution >= 0.6 is 0 Å². The van der Waals surface area contributed by atoms with Gasteiger partial charge in [-0.2, -0.15) is 0 Å². The highest BCUT2D eigenvalue weighted by atomic mass is 16.5. The Morgan fingerprint density at radius 2 is 1.60 bits per heavy atom. The molecule has 1 fully saturated rings. The van der Waals surface area contributed by atoms with Gasteiger partial charge in [0.05, 0.1) is 23.8 Å². The summed E-state index contributed by atoms with van der Waals surface area (Å²) in [6, 6.07) is 5.55. The van der Waals surface area contributed by atoms with Crippen molar-refractivity contribution in [3.8, 4) is 17.2 Å². The number of phenols is 3. The highest BCUT2D eigenvalue weighted by molar-refractivity contribution is 6.16. The summed E-state index contributed by atoms with van der Waals surface area (Å²) in [6.07, 6.45) is -7.24. The summed E-state index contributed by atoms with van der Waals surface area (Å²) in [7, 11) is 0. The molecule has 0 spiro atoms. The SMILES string of the molecule is Cc1cc(O)c2c(c1)[C@H]([C@@H]1O[C@H](CO)[C@@H](O)[C@H](O)[C@H]1O)c1ccc(O)c(O)c1C2=O. The fourth-order valence-electron chi connectivity index (χ4n) is 4.43. The van der Waals surface area contributed by atoms with E-state index in [1.807, 2.05) is 0 Å². The Bertz CT molecular complexity index is 1020. The van der Waals surface area contributed by atoms with Crippen LogP contribution in [0.4, 0.5) is 0 Å². The number of aromatic hydroxyl groups is 3. The number of phenolic OH excluding ortho intramolecular Hbond substituents is 3. The first-order chi connectivity index (χ1) is 14.2. The molecule has 30 heavy (non-hydrogen) atoms. The molecule has 1 saturated heterocycles. The quantitative estimate of drug-likeness (QED) is 0.322. The predicted molar refractivity (Wildman–Crippen MR) is 102 cm³/mol. The topological polar surface area (TPSA) is 168 Å². The van der Waals surface area contributed by atoms with Crippen LogP contribution in [-0.2, 0) is 4.74 Å². The van der Waals surface area contributed by atoms with Crippen molar-refractivity contribution in [1.82, 2.24) is 0 Å². The van der Waals surface area contributed by atoms with E-state index in [9.17, 15) is 40.5 Å². The largest absolute Gasteiger partial charge is 0.507 e. The van der Waals surface area contributed by atoms with E-state index in [0.29, 0.717) is 11.1 Å². The van der Waals surface area contributed by atoms with Gasteiger partial charge in [0.2, 0.25) is 5.78 Å². The van der Waals surface area contributed by atoms with Crippen molar-refractivity contribution in [3.05, 3.63) is 52.1 Å². The van der Waals surface area contributed by atoms with E-state index in [2.05, 4.69) is 0 Å². The minimum absolute atomic E-state index is 0.129. The summed E-state index contributed by atoms with van der Waals surface area (Å²) in [5, 5.41) is 71.3. The molecule has 160 valence electrons. The maximum atomic E-state index is 13.1. The second-order valence-corrected chi connectivity index (χ2v) is 7.75. The van der Waals surface area contributed by atoms with Crippen molar-refractivity contribution in [2.24, 2.45) is 0 Å². The number of carbonyl (C=O) groups excluding carboxylic acids is 1. The zero-order chi connectivity index (χ0) is 21.9. The highest BCUT2D eigenvalue weighted by Crippen LogP contribution is 2.49. The lowest BCUT2D eigenvalue weighted by Crippen LogP contribution is -2.60. The standard InChI is InChI=1S/C21H22O9/c1-7-4-9-13(21-20(29)19(28)17(26)12(6-22)30-21)8-2-3-10(23)16(25)15(8)18(27)14(9)11(24)5-7/h2-5,12-13,17,19-26,28-29H,6H2,1H3/t12-,13-,17-,19+,20-,21+/m1/s1. The lowest BCUT2D eigenvalue weighted by atomic mass is 9.71. The Labute approximate surface area is 171 Å². The molecule has 9 nitrogen and oxygen atoms in total. The van der Waals surface area contributed by atoms with Gasteiger partial charge in [-0.05, 0) is 35.7 Å². The van der Waals surface area contributed by atoms with Crippen molar-refractivity contribution < 1.29 is 45.3 Å². The van der Waals surface area contributed by atoms with Gasteiger partial charge in [0, 0.05) is 5.92 Å². The van der Waals surface area contributed by atoms with E-state index in [-0.39, 0.29) is 22.4 Å². The first kappa shape index (κ1) is 20.6. The number of ketones is 1. The van der Waals surface area contributed by atoms with Crippen LogP contribution in [0.15, 0.2) is 24.3 Å². The van der Waals surface area contributed by atoms with E-state index in [4.69, 9.17) is 4.74 Å². The van der Waals surface area contributed by atoms with Crippen LogP contribution in [0.1, 0.15) is 38.5 Å². The normalized spacial score (nSPS) is 30.6. The summed E-state index contributed by atoms with van der Waals surface area (Å²) in [5.41, 5.74) is 0.719. The summed E-state index contributed by atoms with van der Waals surface area (Å²) in [6.45, 7) is 1.06. The number of hydrogen-bond acceptors (Lipinski definition) is 9. The summed E-state index contributed by atoms with van der Waals surface area (Å²) in [4.78, 5) is 13.1. The monoisotopic (exact) mass is 418 g/mol. The molecular weight excluding hydrogens is 396 g/mol. The molecule has 0 aromatic heterocycles. The third kappa shape index (κ3) is 2.86. The van der Waals surface area contributed by atoms with Gasteiger partial charge in [-0.15, -0.1) is 0 Å². The molecule has 0 amide bonds. The minimum atomic E-state index is -1.64. The molecule has 1 heterocycles. The van der Waals surface area contributed by atoms with Crippen LogP contribution in [0.25, 0.3) is 0 Å². The molecule has 0 radical (unpaired) electrons. The zero-order valence-electron chi connectivity index (χ0n) is 15.9. The molecule has 7 N–H and O–H groups in total. The number of aliphatic hydroxyl groups is 4. The number of carbonyl (C=O) groups is 1. The third-order valence-electron chi connectivity index (χ3n) is 5.86. The predicted octanol–water partition coefficient (Wildman–Crippen LogP) is -0.369. The summed E-state index contributed by atoms with van der Waals surface area (Å²) >= 11 is 0. The number of hydrogen-bond donors (Lipinski definition) is 7. The number of fused-ring (bicyclic) bond motifs is 2.